The summed E-state index contributed by atoms with van der Waals surface area (Å²) in [6.45, 7) is 7.52. The second-order valence-corrected chi connectivity index (χ2v) is 5.18. The van der Waals surface area contributed by atoms with Crippen molar-refractivity contribution in [1.82, 2.24) is 9.78 Å². The van der Waals surface area contributed by atoms with Crippen molar-refractivity contribution in [3.63, 3.8) is 0 Å². The number of halogens is 1. The molecule has 0 bridgehead atoms. The number of hydrogen-bond donors (Lipinski definition) is 0. The topological polar surface area (TPSA) is 34.9 Å². The molecule has 1 aromatic heterocycles. The monoisotopic (exact) mass is 260 g/mol. The second kappa shape index (κ2) is 4.96. The van der Waals surface area contributed by atoms with Crippen LogP contribution in [0.4, 0.5) is 4.39 Å². The number of carbonyl (C=O) groups excluding carboxylic acids is 1. The lowest BCUT2D eigenvalue weighted by atomic mass is 10.0. The standard InChI is InChI=1S/C15H17FN2O/c1-9(2)8-18-13-6-5-11(16)7-12(13)14(17-18)15(19)10(3)4/h5-8,10H,1-4H3. The summed E-state index contributed by atoms with van der Waals surface area (Å²) in [5, 5.41) is 4.88. The SMILES string of the molecule is CC(C)=Cn1nc(C(=O)C(C)C)c2cc(F)ccc21. The lowest BCUT2D eigenvalue weighted by molar-refractivity contribution is 0.0935. The Morgan fingerprint density at radius 2 is 2.05 bits per heavy atom. The minimum absolute atomic E-state index is 0.0727. The molecule has 1 heterocycles. The Morgan fingerprint density at radius 3 is 2.63 bits per heavy atom. The van der Waals surface area contributed by atoms with Gasteiger partial charge in [0.1, 0.15) is 11.5 Å². The third kappa shape index (κ3) is 2.57. The van der Waals surface area contributed by atoms with E-state index in [4.69, 9.17) is 0 Å². The molecule has 2 aromatic rings. The minimum atomic E-state index is -0.359. The fraction of sp³-hybridized carbons (Fsp3) is 0.333. The predicted octanol–water partition coefficient (Wildman–Crippen LogP) is 3.89. The summed E-state index contributed by atoms with van der Waals surface area (Å²) >= 11 is 0. The van der Waals surface area contributed by atoms with Gasteiger partial charge >= 0.3 is 0 Å². The van der Waals surface area contributed by atoms with Gasteiger partial charge < -0.3 is 0 Å². The third-order valence-electron chi connectivity index (χ3n) is 2.81. The maximum absolute atomic E-state index is 13.4. The molecular weight excluding hydrogens is 243 g/mol. The molecule has 0 atom stereocenters. The highest BCUT2D eigenvalue weighted by Crippen LogP contribution is 2.23. The van der Waals surface area contributed by atoms with Gasteiger partial charge in [-0.25, -0.2) is 9.07 Å². The van der Waals surface area contributed by atoms with Crippen LogP contribution in [0.5, 0.6) is 0 Å². The van der Waals surface area contributed by atoms with Crippen LogP contribution < -0.4 is 0 Å². The number of aromatic nitrogens is 2. The van der Waals surface area contributed by atoms with Gasteiger partial charge in [0.15, 0.2) is 5.78 Å². The average Bonchev–Trinajstić information content (AvgIpc) is 2.65. The summed E-state index contributed by atoms with van der Waals surface area (Å²) < 4.78 is 15.0. The summed E-state index contributed by atoms with van der Waals surface area (Å²) in [4.78, 5) is 12.1. The Labute approximate surface area is 111 Å². The largest absolute Gasteiger partial charge is 0.292 e. The van der Waals surface area contributed by atoms with Crippen molar-refractivity contribution in [3.8, 4) is 0 Å². The van der Waals surface area contributed by atoms with Crippen LogP contribution in [0.1, 0.15) is 38.2 Å². The van der Waals surface area contributed by atoms with Gasteiger partial charge in [-0.05, 0) is 32.0 Å². The number of Topliss-reactive ketones (excluding diaryl/α,β-unsaturated/α-hetero) is 1. The molecule has 0 amide bonds. The fourth-order valence-corrected chi connectivity index (χ4v) is 1.91. The van der Waals surface area contributed by atoms with Crippen molar-refractivity contribution in [2.45, 2.75) is 27.7 Å². The Bertz CT molecular complexity index is 664. The molecule has 0 fully saturated rings. The summed E-state index contributed by atoms with van der Waals surface area (Å²) in [7, 11) is 0. The van der Waals surface area contributed by atoms with Crippen LogP contribution >= 0.6 is 0 Å². The first-order chi connectivity index (χ1) is 8.90. The molecular formula is C15H17FN2O. The molecule has 2 rings (SSSR count). The van der Waals surface area contributed by atoms with E-state index < -0.39 is 0 Å². The molecule has 4 heteroatoms. The van der Waals surface area contributed by atoms with Crippen molar-refractivity contribution < 1.29 is 9.18 Å². The second-order valence-electron chi connectivity index (χ2n) is 5.18. The third-order valence-corrected chi connectivity index (χ3v) is 2.81. The number of hydrogen-bond acceptors (Lipinski definition) is 2. The number of rotatable bonds is 3. The lowest BCUT2D eigenvalue weighted by Crippen LogP contribution is -2.09. The number of benzene rings is 1. The molecule has 100 valence electrons. The molecule has 0 N–H and O–H groups in total. The van der Waals surface area contributed by atoms with Crippen molar-refractivity contribution >= 4 is 22.9 Å². The zero-order valence-electron chi connectivity index (χ0n) is 11.6. The van der Waals surface area contributed by atoms with Gasteiger partial charge in [-0.3, -0.25) is 4.79 Å². The van der Waals surface area contributed by atoms with Crippen LogP contribution in [0.3, 0.4) is 0 Å². The number of allylic oxidation sites excluding steroid dienone is 1. The van der Waals surface area contributed by atoms with E-state index in [9.17, 15) is 9.18 Å². The molecule has 19 heavy (non-hydrogen) atoms. The number of ketones is 1. The van der Waals surface area contributed by atoms with Crippen LogP contribution in [-0.4, -0.2) is 15.6 Å². The predicted molar refractivity (Wildman–Crippen MR) is 74.5 cm³/mol. The van der Waals surface area contributed by atoms with E-state index >= 15 is 0 Å². The van der Waals surface area contributed by atoms with E-state index in [1.165, 1.54) is 12.1 Å². The van der Waals surface area contributed by atoms with Crippen molar-refractivity contribution in [2.24, 2.45) is 5.92 Å². The zero-order valence-corrected chi connectivity index (χ0v) is 11.6. The van der Waals surface area contributed by atoms with Crippen LogP contribution in [0, 0.1) is 11.7 Å². The molecule has 3 nitrogen and oxygen atoms in total. The van der Waals surface area contributed by atoms with E-state index in [0.29, 0.717) is 11.1 Å². The highest BCUT2D eigenvalue weighted by atomic mass is 19.1. The van der Waals surface area contributed by atoms with Gasteiger partial charge in [-0.2, -0.15) is 5.10 Å². The van der Waals surface area contributed by atoms with Gasteiger partial charge in [-0.1, -0.05) is 19.4 Å². The Kier molecular flexibility index (Phi) is 3.51. The molecule has 0 aliphatic heterocycles. The summed E-state index contributed by atoms with van der Waals surface area (Å²) in [5.74, 6) is -0.597. The van der Waals surface area contributed by atoms with E-state index in [2.05, 4.69) is 5.10 Å². The van der Waals surface area contributed by atoms with Crippen LogP contribution in [-0.2, 0) is 0 Å². The Morgan fingerprint density at radius 1 is 1.37 bits per heavy atom. The van der Waals surface area contributed by atoms with Gasteiger partial charge in [-0.15, -0.1) is 0 Å². The maximum atomic E-state index is 13.4. The molecule has 0 radical (unpaired) electrons. The van der Waals surface area contributed by atoms with Crippen molar-refractivity contribution in [3.05, 3.63) is 35.3 Å². The van der Waals surface area contributed by atoms with E-state index in [1.807, 2.05) is 33.9 Å². The smallest absolute Gasteiger partial charge is 0.186 e. The van der Waals surface area contributed by atoms with Crippen LogP contribution in [0.25, 0.3) is 17.1 Å². The van der Waals surface area contributed by atoms with Crippen LogP contribution in [0.15, 0.2) is 23.8 Å². The quantitative estimate of drug-likeness (QED) is 0.784. The molecule has 0 aliphatic carbocycles. The summed E-state index contributed by atoms with van der Waals surface area (Å²) in [6, 6.07) is 4.39. The van der Waals surface area contributed by atoms with Gasteiger partial charge in [0.25, 0.3) is 0 Å². The molecule has 0 aliphatic rings. The molecule has 1 aromatic carbocycles. The van der Waals surface area contributed by atoms with E-state index in [0.717, 1.165) is 11.1 Å². The van der Waals surface area contributed by atoms with Crippen LogP contribution in [0.2, 0.25) is 0 Å². The van der Waals surface area contributed by atoms with Gasteiger partial charge in [0.05, 0.1) is 5.52 Å². The van der Waals surface area contributed by atoms with E-state index in [-0.39, 0.29) is 17.5 Å². The first-order valence-electron chi connectivity index (χ1n) is 6.27. The number of carbonyl (C=O) groups is 1. The maximum Gasteiger partial charge on any atom is 0.186 e. The molecule has 0 saturated carbocycles. The zero-order chi connectivity index (χ0) is 14.2. The number of fused-ring (bicyclic) bond motifs is 1. The highest BCUT2D eigenvalue weighted by Gasteiger charge is 2.19. The fourth-order valence-electron chi connectivity index (χ4n) is 1.91. The number of nitrogens with zero attached hydrogens (tertiary/aromatic N) is 2. The molecule has 0 unspecified atom stereocenters. The molecule has 0 spiro atoms. The van der Waals surface area contributed by atoms with Gasteiger partial charge in [0, 0.05) is 17.5 Å². The first kappa shape index (κ1) is 13.5. The lowest BCUT2D eigenvalue weighted by Gasteiger charge is -2.00. The van der Waals surface area contributed by atoms with Crippen molar-refractivity contribution in [2.75, 3.05) is 0 Å². The summed E-state index contributed by atoms with van der Waals surface area (Å²) in [5.41, 5.74) is 2.13. The summed E-state index contributed by atoms with van der Waals surface area (Å²) in [6.07, 6.45) is 1.83. The average molecular weight is 260 g/mol. The minimum Gasteiger partial charge on any atom is -0.292 e. The van der Waals surface area contributed by atoms with E-state index in [1.54, 1.807) is 10.7 Å². The highest BCUT2D eigenvalue weighted by molar-refractivity contribution is 6.07. The first-order valence-corrected chi connectivity index (χ1v) is 6.27. The molecule has 0 saturated heterocycles. The Balaban J connectivity index is 2.74. The normalized spacial score (nSPS) is 11.1. The van der Waals surface area contributed by atoms with Gasteiger partial charge in [0.2, 0.25) is 0 Å². The Hall–Kier alpha value is -1.97. The van der Waals surface area contributed by atoms with Crippen molar-refractivity contribution in [1.29, 1.82) is 0 Å².